The Labute approximate surface area is 134 Å². The van der Waals surface area contributed by atoms with E-state index >= 15 is 0 Å². The van der Waals surface area contributed by atoms with Gasteiger partial charge in [-0.1, -0.05) is 36.4 Å². The van der Waals surface area contributed by atoms with Crippen LogP contribution >= 0.6 is 0 Å². The molecule has 2 aromatic carbocycles. The van der Waals surface area contributed by atoms with Gasteiger partial charge in [0.2, 0.25) is 0 Å². The van der Waals surface area contributed by atoms with Gasteiger partial charge < -0.3 is 10.5 Å². The first kappa shape index (κ1) is 14.8. The molecule has 3 aromatic rings. The molecule has 3 rings (SSSR count). The summed E-state index contributed by atoms with van der Waals surface area (Å²) in [5, 5.41) is 0. The molecule has 1 aromatic heterocycles. The molecular formula is C19H16N2O2. The van der Waals surface area contributed by atoms with E-state index in [1.54, 1.807) is 25.6 Å². The van der Waals surface area contributed by atoms with Crippen molar-refractivity contribution >= 4 is 5.91 Å². The van der Waals surface area contributed by atoms with Gasteiger partial charge in [0.1, 0.15) is 5.75 Å². The Bertz CT molecular complexity index is 831. The number of aromatic nitrogens is 1. The van der Waals surface area contributed by atoms with E-state index in [1.807, 2.05) is 48.5 Å². The smallest absolute Gasteiger partial charge is 0.252 e. The zero-order valence-electron chi connectivity index (χ0n) is 12.7. The van der Waals surface area contributed by atoms with Crippen LogP contribution in [0.2, 0.25) is 0 Å². The summed E-state index contributed by atoms with van der Waals surface area (Å²) in [7, 11) is 1.55. The molecule has 1 heterocycles. The van der Waals surface area contributed by atoms with E-state index < -0.39 is 5.91 Å². The normalized spacial score (nSPS) is 10.3. The van der Waals surface area contributed by atoms with Crippen molar-refractivity contribution in [2.75, 3.05) is 7.11 Å². The standard InChI is InChI=1S/C19H16N2O2/c1-23-18-16(19(20)22)8-7-15(13-9-11-21-12-10-13)17(18)14-5-3-2-4-6-14/h2-12H,1H3,(H2,20,22). The van der Waals surface area contributed by atoms with E-state index in [-0.39, 0.29) is 0 Å². The number of nitrogens with two attached hydrogens (primary N) is 1. The van der Waals surface area contributed by atoms with E-state index in [9.17, 15) is 4.79 Å². The molecule has 0 aliphatic heterocycles. The van der Waals surface area contributed by atoms with Gasteiger partial charge in [-0.05, 0) is 34.9 Å². The van der Waals surface area contributed by atoms with Crippen molar-refractivity contribution in [3.8, 4) is 28.0 Å². The molecule has 0 saturated heterocycles. The van der Waals surface area contributed by atoms with Crippen molar-refractivity contribution in [1.29, 1.82) is 0 Å². The molecule has 0 unspecified atom stereocenters. The zero-order valence-corrected chi connectivity index (χ0v) is 12.7. The van der Waals surface area contributed by atoms with Gasteiger partial charge in [0.25, 0.3) is 5.91 Å². The number of methoxy groups -OCH3 is 1. The molecular weight excluding hydrogens is 288 g/mol. The first-order valence-corrected chi connectivity index (χ1v) is 7.19. The second kappa shape index (κ2) is 6.32. The van der Waals surface area contributed by atoms with Gasteiger partial charge in [0, 0.05) is 18.0 Å². The van der Waals surface area contributed by atoms with Crippen LogP contribution in [0.25, 0.3) is 22.3 Å². The lowest BCUT2D eigenvalue weighted by Crippen LogP contribution is -2.13. The average molecular weight is 304 g/mol. The summed E-state index contributed by atoms with van der Waals surface area (Å²) in [5.74, 6) is -0.0293. The van der Waals surface area contributed by atoms with Crippen LogP contribution in [0.5, 0.6) is 5.75 Å². The lowest BCUT2D eigenvalue weighted by atomic mass is 9.92. The van der Waals surface area contributed by atoms with Crippen LogP contribution in [0.15, 0.2) is 67.0 Å². The molecule has 2 N–H and O–H groups in total. The van der Waals surface area contributed by atoms with Gasteiger partial charge in [-0.25, -0.2) is 0 Å². The summed E-state index contributed by atoms with van der Waals surface area (Å²) in [5.41, 5.74) is 9.62. The minimum absolute atomic E-state index is 0.365. The first-order chi connectivity index (χ1) is 11.2. The van der Waals surface area contributed by atoms with E-state index in [0.717, 1.165) is 22.3 Å². The minimum atomic E-state index is -0.514. The number of carbonyl (C=O) groups is 1. The fourth-order valence-corrected chi connectivity index (χ4v) is 2.65. The predicted molar refractivity (Wildman–Crippen MR) is 90.2 cm³/mol. The third-order valence-electron chi connectivity index (χ3n) is 3.68. The van der Waals surface area contributed by atoms with Crippen LogP contribution in [0, 0.1) is 0 Å². The molecule has 0 aliphatic rings. The van der Waals surface area contributed by atoms with Crippen molar-refractivity contribution in [2.45, 2.75) is 0 Å². The van der Waals surface area contributed by atoms with Crippen molar-refractivity contribution in [1.82, 2.24) is 4.98 Å². The lowest BCUT2D eigenvalue weighted by Gasteiger charge is -2.17. The van der Waals surface area contributed by atoms with Gasteiger partial charge in [-0.15, -0.1) is 0 Å². The maximum Gasteiger partial charge on any atom is 0.252 e. The van der Waals surface area contributed by atoms with Gasteiger partial charge >= 0.3 is 0 Å². The quantitative estimate of drug-likeness (QED) is 0.802. The summed E-state index contributed by atoms with van der Waals surface area (Å²) in [4.78, 5) is 15.8. The SMILES string of the molecule is COc1c(C(N)=O)ccc(-c2ccncc2)c1-c1ccccc1. The Balaban J connectivity index is 2.35. The summed E-state index contributed by atoms with van der Waals surface area (Å²) in [6, 6.07) is 17.2. The Kier molecular flexibility index (Phi) is 4.06. The number of amides is 1. The fraction of sp³-hybridized carbons (Fsp3) is 0.0526. The molecule has 0 atom stereocenters. The summed E-state index contributed by atoms with van der Waals surface area (Å²) in [6.45, 7) is 0. The van der Waals surface area contributed by atoms with E-state index in [0.29, 0.717) is 11.3 Å². The number of hydrogen-bond acceptors (Lipinski definition) is 3. The summed E-state index contributed by atoms with van der Waals surface area (Å²) >= 11 is 0. The molecule has 4 heteroatoms. The van der Waals surface area contributed by atoms with Crippen LogP contribution in [-0.2, 0) is 0 Å². The molecule has 0 aliphatic carbocycles. The maximum absolute atomic E-state index is 11.7. The van der Waals surface area contributed by atoms with Gasteiger partial charge in [-0.3, -0.25) is 9.78 Å². The number of nitrogens with zero attached hydrogens (tertiary/aromatic N) is 1. The molecule has 0 saturated carbocycles. The summed E-state index contributed by atoms with van der Waals surface area (Å²) in [6.07, 6.45) is 3.47. The molecule has 0 spiro atoms. The number of carbonyl (C=O) groups excluding carboxylic acids is 1. The van der Waals surface area contributed by atoms with E-state index in [2.05, 4.69) is 4.98 Å². The molecule has 114 valence electrons. The Morgan fingerprint density at radius 1 is 0.957 bits per heavy atom. The molecule has 23 heavy (non-hydrogen) atoms. The van der Waals surface area contributed by atoms with Crippen LogP contribution in [-0.4, -0.2) is 18.0 Å². The molecule has 1 amide bonds. The van der Waals surface area contributed by atoms with Crippen LogP contribution in [0.4, 0.5) is 0 Å². The van der Waals surface area contributed by atoms with Crippen molar-refractivity contribution in [3.05, 3.63) is 72.6 Å². The van der Waals surface area contributed by atoms with Crippen molar-refractivity contribution in [2.24, 2.45) is 5.73 Å². The third-order valence-corrected chi connectivity index (χ3v) is 3.68. The van der Waals surface area contributed by atoms with Crippen LogP contribution < -0.4 is 10.5 Å². The summed E-state index contributed by atoms with van der Waals surface area (Å²) < 4.78 is 5.54. The van der Waals surface area contributed by atoms with Gasteiger partial charge in [0.05, 0.1) is 12.7 Å². The largest absolute Gasteiger partial charge is 0.495 e. The minimum Gasteiger partial charge on any atom is -0.495 e. The van der Waals surface area contributed by atoms with Crippen molar-refractivity contribution < 1.29 is 9.53 Å². The van der Waals surface area contributed by atoms with Crippen molar-refractivity contribution in [3.63, 3.8) is 0 Å². The highest BCUT2D eigenvalue weighted by Crippen LogP contribution is 2.41. The number of primary amides is 1. The van der Waals surface area contributed by atoms with E-state index in [1.165, 1.54) is 0 Å². The second-order valence-electron chi connectivity index (χ2n) is 5.04. The first-order valence-electron chi connectivity index (χ1n) is 7.19. The Morgan fingerprint density at radius 2 is 1.65 bits per heavy atom. The number of ether oxygens (including phenoxy) is 1. The highest BCUT2D eigenvalue weighted by molar-refractivity contribution is 6.01. The second-order valence-corrected chi connectivity index (χ2v) is 5.04. The molecule has 4 nitrogen and oxygen atoms in total. The monoisotopic (exact) mass is 304 g/mol. The number of benzene rings is 2. The highest BCUT2D eigenvalue weighted by Gasteiger charge is 2.19. The average Bonchev–Trinajstić information content (AvgIpc) is 2.61. The maximum atomic E-state index is 11.7. The van der Waals surface area contributed by atoms with E-state index in [4.69, 9.17) is 10.5 Å². The zero-order chi connectivity index (χ0) is 16.2. The lowest BCUT2D eigenvalue weighted by molar-refractivity contribution is 0.0997. The topological polar surface area (TPSA) is 65.2 Å². The van der Waals surface area contributed by atoms with Gasteiger partial charge in [0.15, 0.2) is 0 Å². The Hall–Kier alpha value is -3.14. The predicted octanol–water partition coefficient (Wildman–Crippen LogP) is 3.52. The third kappa shape index (κ3) is 2.79. The highest BCUT2D eigenvalue weighted by atomic mass is 16.5. The van der Waals surface area contributed by atoms with Crippen LogP contribution in [0.1, 0.15) is 10.4 Å². The fourth-order valence-electron chi connectivity index (χ4n) is 2.65. The Morgan fingerprint density at radius 3 is 2.26 bits per heavy atom. The number of hydrogen-bond donors (Lipinski definition) is 1. The van der Waals surface area contributed by atoms with Crippen LogP contribution in [0.3, 0.4) is 0 Å². The number of pyridine rings is 1. The molecule has 0 radical (unpaired) electrons. The van der Waals surface area contributed by atoms with Gasteiger partial charge in [-0.2, -0.15) is 0 Å². The number of rotatable bonds is 4. The molecule has 0 bridgehead atoms. The molecule has 0 fully saturated rings.